The van der Waals surface area contributed by atoms with E-state index in [1.807, 2.05) is 42.5 Å². The number of fused-ring (bicyclic) bond motifs is 1. The van der Waals surface area contributed by atoms with Gasteiger partial charge >= 0.3 is 0 Å². The van der Waals surface area contributed by atoms with Gasteiger partial charge in [0, 0.05) is 12.2 Å². The molecule has 0 atom stereocenters. The van der Waals surface area contributed by atoms with Gasteiger partial charge in [0.15, 0.2) is 11.5 Å². The second kappa shape index (κ2) is 8.01. The fraction of sp³-hybridized carbons (Fsp3) is 0.263. The van der Waals surface area contributed by atoms with Crippen LogP contribution in [0.4, 0.5) is 0 Å². The average molecular weight is 389 g/mol. The predicted octanol–water partition coefficient (Wildman–Crippen LogP) is 4.77. The predicted molar refractivity (Wildman–Crippen MR) is 100 cm³/mol. The van der Waals surface area contributed by atoms with Crippen LogP contribution in [0.2, 0.25) is 5.02 Å². The van der Waals surface area contributed by atoms with Crippen molar-refractivity contribution in [1.29, 1.82) is 0 Å². The van der Waals surface area contributed by atoms with Crippen LogP contribution in [0.1, 0.15) is 23.4 Å². The quantitative estimate of drug-likeness (QED) is 0.587. The summed E-state index contributed by atoms with van der Waals surface area (Å²) in [6.07, 6.45) is 1.48. The summed E-state index contributed by atoms with van der Waals surface area (Å²) < 4.78 is 17.1. The highest BCUT2D eigenvalue weighted by atomic mass is 35.5. The topological polar surface area (TPSA) is 57.4 Å². The smallest absolute Gasteiger partial charge is 0.276 e. The highest BCUT2D eigenvalue weighted by Crippen LogP contribution is 2.39. The molecule has 1 aliphatic rings. The van der Waals surface area contributed by atoms with Crippen LogP contribution in [0, 0.1) is 0 Å². The van der Waals surface area contributed by atoms with Crippen LogP contribution in [-0.2, 0) is 12.2 Å². The van der Waals surface area contributed by atoms with Crippen LogP contribution in [0.25, 0.3) is 0 Å². The van der Waals surface area contributed by atoms with Crippen LogP contribution in [0.3, 0.4) is 0 Å². The Bertz CT molecular complexity index is 886. The second-order valence-electron chi connectivity index (χ2n) is 5.87. The van der Waals surface area contributed by atoms with Crippen molar-refractivity contribution < 1.29 is 13.9 Å². The summed E-state index contributed by atoms with van der Waals surface area (Å²) in [5, 5.41) is 9.33. The van der Waals surface area contributed by atoms with E-state index in [1.54, 1.807) is 0 Å². The lowest BCUT2D eigenvalue weighted by molar-refractivity contribution is 0.297. The van der Waals surface area contributed by atoms with Crippen LogP contribution >= 0.6 is 23.4 Å². The number of thioether (sulfide) groups is 1. The third kappa shape index (κ3) is 4.14. The van der Waals surface area contributed by atoms with Gasteiger partial charge in [0.05, 0.1) is 24.7 Å². The van der Waals surface area contributed by atoms with Crippen LogP contribution in [0.15, 0.2) is 52.1 Å². The lowest BCUT2D eigenvalue weighted by atomic mass is 10.2. The average Bonchev–Trinajstić information content (AvgIpc) is 2.95. The molecule has 0 aliphatic carbocycles. The molecule has 0 N–H and O–H groups in total. The molecular formula is C19H17ClN2O3S. The molecule has 0 fully saturated rings. The van der Waals surface area contributed by atoms with E-state index in [4.69, 9.17) is 25.5 Å². The molecule has 0 radical (unpaired) electrons. The van der Waals surface area contributed by atoms with E-state index in [9.17, 15) is 0 Å². The Hall–Kier alpha value is -2.18. The maximum absolute atomic E-state index is 6.33. The highest BCUT2D eigenvalue weighted by molar-refractivity contribution is 7.98. The zero-order valence-electron chi connectivity index (χ0n) is 14.0. The van der Waals surface area contributed by atoms with E-state index < -0.39 is 0 Å². The number of nitrogens with zero attached hydrogens (tertiary/aromatic N) is 2. The molecular weight excluding hydrogens is 372 g/mol. The lowest BCUT2D eigenvalue weighted by Gasteiger charge is -2.10. The summed E-state index contributed by atoms with van der Waals surface area (Å²) >= 11 is 7.80. The van der Waals surface area contributed by atoms with Crippen molar-refractivity contribution in [2.24, 2.45) is 0 Å². The minimum absolute atomic E-state index is 0.541. The fourth-order valence-corrected chi connectivity index (χ4v) is 3.65. The molecule has 4 rings (SSSR count). The van der Waals surface area contributed by atoms with E-state index in [1.165, 1.54) is 11.8 Å². The normalized spacial score (nSPS) is 13.4. The van der Waals surface area contributed by atoms with Gasteiger partial charge in [-0.1, -0.05) is 53.7 Å². The van der Waals surface area contributed by atoms with Gasteiger partial charge in [0.2, 0.25) is 5.89 Å². The van der Waals surface area contributed by atoms with Gasteiger partial charge in [-0.2, -0.15) is 0 Å². The molecule has 0 saturated carbocycles. The van der Waals surface area contributed by atoms with E-state index >= 15 is 0 Å². The number of rotatable bonds is 5. The summed E-state index contributed by atoms with van der Waals surface area (Å²) in [5.74, 6) is 2.58. The van der Waals surface area contributed by atoms with Crippen molar-refractivity contribution in [1.82, 2.24) is 10.2 Å². The van der Waals surface area contributed by atoms with Gasteiger partial charge in [-0.05, 0) is 23.3 Å². The molecule has 0 amide bonds. The van der Waals surface area contributed by atoms with Crippen molar-refractivity contribution in [3.63, 3.8) is 0 Å². The van der Waals surface area contributed by atoms with Gasteiger partial charge < -0.3 is 13.9 Å². The van der Waals surface area contributed by atoms with Gasteiger partial charge in [0.25, 0.3) is 5.22 Å². The molecule has 0 saturated heterocycles. The number of halogens is 1. The monoisotopic (exact) mass is 388 g/mol. The first-order valence-corrected chi connectivity index (χ1v) is 9.71. The molecule has 1 aromatic heterocycles. The summed E-state index contributed by atoms with van der Waals surface area (Å²) in [4.78, 5) is 0. The molecule has 2 heterocycles. The molecule has 0 unspecified atom stereocenters. The van der Waals surface area contributed by atoms with E-state index in [-0.39, 0.29) is 0 Å². The Morgan fingerprint density at radius 3 is 2.73 bits per heavy atom. The third-order valence-electron chi connectivity index (χ3n) is 3.87. The van der Waals surface area contributed by atoms with E-state index in [2.05, 4.69) is 10.2 Å². The first-order valence-electron chi connectivity index (χ1n) is 8.35. The number of aromatic nitrogens is 2. The molecule has 7 heteroatoms. The number of ether oxygens (including phenoxy) is 2. The summed E-state index contributed by atoms with van der Waals surface area (Å²) in [6, 6.07) is 13.9. The first kappa shape index (κ1) is 17.2. The van der Waals surface area contributed by atoms with Crippen LogP contribution < -0.4 is 9.47 Å². The minimum Gasteiger partial charge on any atom is -0.489 e. The SMILES string of the molecule is Clc1cc(CSc2nnc(Cc3ccccc3)o2)cc2c1OCCCO2. The molecule has 0 bridgehead atoms. The van der Waals surface area contributed by atoms with E-state index in [0.717, 1.165) is 17.5 Å². The molecule has 3 aromatic rings. The van der Waals surface area contributed by atoms with Crippen LogP contribution in [0.5, 0.6) is 11.5 Å². The van der Waals surface area contributed by atoms with Crippen LogP contribution in [-0.4, -0.2) is 23.4 Å². The standard InChI is InChI=1S/C19H17ClN2O3S/c20-15-9-14(10-16-18(15)24-8-4-7-23-16)12-26-19-22-21-17(25-19)11-13-5-2-1-3-6-13/h1-3,5-6,9-10H,4,7-8,11-12H2. The largest absolute Gasteiger partial charge is 0.489 e. The second-order valence-corrected chi connectivity index (χ2v) is 7.20. The van der Waals surface area contributed by atoms with Gasteiger partial charge in [-0.25, -0.2) is 0 Å². The summed E-state index contributed by atoms with van der Waals surface area (Å²) in [5.41, 5.74) is 2.16. The zero-order valence-corrected chi connectivity index (χ0v) is 15.6. The zero-order chi connectivity index (χ0) is 17.8. The lowest BCUT2D eigenvalue weighted by Crippen LogP contribution is -1.97. The molecule has 1 aliphatic heterocycles. The van der Waals surface area contributed by atoms with Crippen molar-refractivity contribution >= 4 is 23.4 Å². The van der Waals surface area contributed by atoms with Crippen molar-refractivity contribution in [3.05, 3.63) is 64.5 Å². The maximum atomic E-state index is 6.33. The molecule has 0 spiro atoms. The Kier molecular flexibility index (Phi) is 5.32. The third-order valence-corrected chi connectivity index (χ3v) is 5.04. The molecule has 2 aromatic carbocycles. The Morgan fingerprint density at radius 2 is 1.85 bits per heavy atom. The number of hydrogen-bond donors (Lipinski definition) is 0. The van der Waals surface area contributed by atoms with Crippen molar-refractivity contribution in [3.8, 4) is 11.5 Å². The Balaban J connectivity index is 1.41. The fourth-order valence-electron chi connectivity index (χ4n) is 2.65. The van der Waals surface area contributed by atoms with Gasteiger partial charge in [0.1, 0.15) is 0 Å². The van der Waals surface area contributed by atoms with Gasteiger partial charge in [-0.3, -0.25) is 0 Å². The van der Waals surface area contributed by atoms with Crippen molar-refractivity contribution in [2.75, 3.05) is 13.2 Å². The van der Waals surface area contributed by atoms with E-state index in [0.29, 0.717) is 53.0 Å². The number of hydrogen-bond acceptors (Lipinski definition) is 6. The Morgan fingerprint density at radius 1 is 1.00 bits per heavy atom. The minimum atomic E-state index is 0.541. The maximum Gasteiger partial charge on any atom is 0.276 e. The Labute approximate surface area is 160 Å². The van der Waals surface area contributed by atoms with Crippen molar-refractivity contribution in [2.45, 2.75) is 23.8 Å². The highest BCUT2D eigenvalue weighted by Gasteiger charge is 2.16. The molecule has 134 valence electrons. The first-order chi connectivity index (χ1) is 12.8. The molecule has 26 heavy (non-hydrogen) atoms. The summed E-state index contributed by atoms with van der Waals surface area (Å²) in [6.45, 7) is 1.25. The van der Waals surface area contributed by atoms with Gasteiger partial charge in [-0.15, -0.1) is 10.2 Å². The number of benzene rings is 2. The summed E-state index contributed by atoms with van der Waals surface area (Å²) in [7, 11) is 0. The molecule has 5 nitrogen and oxygen atoms in total.